The molecule has 0 aliphatic rings. The summed E-state index contributed by atoms with van der Waals surface area (Å²) in [6.45, 7) is 3.39. The molecule has 0 saturated carbocycles. The molecule has 0 heterocycles. The molecular weight excluding hydrogens is 825 g/mol. The van der Waals surface area contributed by atoms with Crippen molar-refractivity contribution in [2.24, 2.45) is 0 Å². The van der Waals surface area contributed by atoms with Crippen LogP contribution < -0.4 is 10.6 Å². The first-order chi connectivity index (χ1) is 32.3. The highest BCUT2D eigenvalue weighted by atomic mass is 16.5. The van der Waals surface area contributed by atoms with Crippen LogP contribution in [0.5, 0.6) is 0 Å². The SMILES string of the molecule is CC/C=C\C/C=C\C/C=C\C/C=C\C/C=C\C/C=C\CCCCCCC(=O)OC(CCCCCCCCCCCCCCCCC)CCCCCCCC(=O)NCC(=O)NC(CO)C(=O)O. The fraction of sp³-hybridized carbons (Fsp3) is 0.719. The maximum absolute atomic E-state index is 12.9. The molecule has 4 N–H and O–H groups in total. The fourth-order valence-electron chi connectivity index (χ4n) is 7.66. The van der Waals surface area contributed by atoms with Gasteiger partial charge in [0, 0.05) is 12.8 Å². The Balaban J connectivity index is 4.36. The summed E-state index contributed by atoms with van der Waals surface area (Å²) in [4.78, 5) is 47.9. The third kappa shape index (κ3) is 46.8. The highest BCUT2D eigenvalue weighted by Gasteiger charge is 2.19. The Labute approximate surface area is 403 Å². The second-order valence-corrected chi connectivity index (χ2v) is 17.9. The molecule has 0 bridgehead atoms. The number of aliphatic hydroxyl groups is 1. The molecule has 2 atom stereocenters. The molecule has 2 unspecified atom stereocenters. The zero-order valence-corrected chi connectivity index (χ0v) is 42.2. The molecule has 0 aromatic carbocycles. The van der Waals surface area contributed by atoms with Crippen molar-refractivity contribution >= 4 is 23.8 Å². The maximum atomic E-state index is 12.9. The molecule has 9 nitrogen and oxygen atoms in total. The number of hydrogen-bond donors (Lipinski definition) is 4. The Morgan fingerprint density at radius 3 is 1.30 bits per heavy atom. The summed E-state index contributed by atoms with van der Waals surface area (Å²) in [6.07, 6.45) is 65.1. The van der Waals surface area contributed by atoms with Gasteiger partial charge in [0.2, 0.25) is 11.8 Å². The van der Waals surface area contributed by atoms with Gasteiger partial charge in [-0.2, -0.15) is 0 Å². The topological polar surface area (TPSA) is 142 Å². The first kappa shape index (κ1) is 62.3. The molecule has 0 spiro atoms. The van der Waals surface area contributed by atoms with Crippen LogP contribution in [0, 0.1) is 0 Å². The molecule has 2 amide bonds. The Bertz CT molecular complexity index is 1330. The molecular formula is C57H98N2O7. The predicted octanol–water partition coefficient (Wildman–Crippen LogP) is 14.6. The van der Waals surface area contributed by atoms with E-state index in [-0.39, 0.29) is 30.9 Å². The van der Waals surface area contributed by atoms with E-state index in [1.165, 1.54) is 89.9 Å². The minimum atomic E-state index is -1.39. The van der Waals surface area contributed by atoms with Gasteiger partial charge in [0.1, 0.15) is 12.1 Å². The summed E-state index contributed by atoms with van der Waals surface area (Å²) >= 11 is 0. The summed E-state index contributed by atoms with van der Waals surface area (Å²) in [5.74, 6) is -2.31. The van der Waals surface area contributed by atoms with E-state index in [9.17, 15) is 19.2 Å². The number of esters is 1. The first-order valence-electron chi connectivity index (χ1n) is 26.8. The van der Waals surface area contributed by atoms with Gasteiger partial charge in [0.05, 0.1) is 13.2 Å². The Morgan fingerprint density at radius 1 is 0.470 bits per heavy atom. The lowest BCUT2D eigenvalue weighted by Crippen LogP contribution is -2.47. The summed E-state index contributed by atoms with van der Waals surface area (Å²) in [7, 11) is 0. The van der Waals surface area contributed by atoms with E-state index < -0.39 is 24.5 Å². The molecule has 0 aromatic heterocycles. The molecule has 0 aliphatic heterocycles. The monoisotopic (exact) mass is 923 g/mol. The number of nitrogens with one attached hydrogen (secondary N) is 2. The van der Waals surface area contributed by atoms with E-state index >= 15 is 0 Å². The van der Waals surface area contributed by atoms with Crippen molar-refractivity contribution in [1.29, 1.82) is 0 Å². The molecule has 378 valence electrons. The molecule has 0 aromatic rings. The van der Waals surface area contributed by atoms with Crippen molar-refractivity contribution in [3.05, 3.63) is 72.9 Å². The van der Waals surface area contributed by atoms with Crippen molar-refractivity contribution < 1.29 is 34.1 Å². The second-order valence-electron chi connectivity index (χ2n) is 17.9. The normalized spacial score (nSPS) is 13.0. The molecule has 0 radical (unpaired) electrons. The van der Waals surface area contributed by atoms with Crippen LogP contribution in [0.4, 0.5) is 0 Å². The Morgan fingerprint density at radius 2 is 0.864 bits per heavy atom. The van der Waals surface area contributed by atoms with Crippen LogP contribution in [0.1, 0.15) is 239 Å². The quantitative estimate of drug-likeness (QED) is 0.0270. The number of carboxylic acids is 1. The van der Waals surface area contributed by atoms with Crippen LogP contribution in [0.15, 0.2) is 72.9 Å². The van der Waals surface area contributed by atoms with E-state index in [1.54, 1.807) is 0 Å². The summed E-state index contributed by atoms with van der Waals surface area (Å²) < 4.78 is 6.07. The average Bonchev–Trinajstić information content (AvgIpc) is 3.30. The lowest BCUT2D eigenvalue weighted by Gasteiger charge is -2.18. The number of hydrogen-bond acceptors (Lipinski definition) is 6. The van der Waals surface area contributed by atoms with Crippen molar-refractivity contribution in [1.82, 2.24) is 10.6 Å². The zero-order chi connectivity index (χ0) is 48.2. The van der Waals surface area contributed by atoms with Gasteiger partial charge >= 0.3 is 11.9 Å². The first-order valence-corrected chi connectivity index (χ1v) is 26.8. The predicted molar refractivity (Wildman–Crippen MR) is 277 cm³/mol. The molecule has 0 rings (SSSR count). The third-order valence-electron chi connectivity index (χ3n) is 11.7. The second kappa shape index (κ2) is 50.7. The van der Waals surface area contributed by atoms with Crippen molar-refractivity contribution in [2.75, 3.05) is 13.2 Å². The lowest BCUT2D eigenvalue weighted by atomic mass is 10.0. The third-order valence-corrected chi connectivity index (χ3v) is 11.7. The smallest absolute Gasteiger partial charge is 0.328 e. The lowest BCUT2D eigenvalue weighted by molar-refractivity contribution is -0.150. The number of amides is 2. The van der Waals surface area contributed by atoms with Crippen LogP contribution in [0.25, 0.3) is 0 Å². The molecule has 0 fully saturated rings. The zero-order valence-electron chi connectivity index (χ0n) is 42.2. The number of carbonyl (C=O) groups is 4. The number of aliphatic hydroxyl groups excluding tert-OH is 1. The number of carbonyl (C=O) groups excluding carboxylic acids is 3. The number of unbranched alkanes of at least 4 members (excludes halogenated alkanes) is 22. The standard InChI is InChI=1S/C57H98N2O7/c1-3-5-7-9-11-13-15-17-19-20-21-22-23-24-25-26-28-30-32-34-36-41-45-49-56(63)66-52(46-42-38-35-33-31-29-27-18-16-14-12-10-8-6-4-2)47-43-39-37-40-44-48-54(61)58-50-55(62)59-53(51-60)57(64)65/h5,7,11,13,17,19,21-22,24-25,28,30,52-53,60H,3-4,6,8-10,12,14-16,18,20,23,26-27,29,31-51H2,1-2H3,(H,58,61)(H,59,62)(H,64,65)/b7-5-,13-11-,19-17-,22-21-,25-24-,30-28-. The average molecular weight is 923 g/mol. The van der Waals surface area contributed by atoms with Gasteiger partial charge in [-0.05, 0) is 89.9 Å². The van der Waals surface area contributed by atoms with Crippen LogP contribution >= 0.6 is 0 Å². The summed E-state index contributed by atoms with van der Waals surface area (Å²) in [6, 6.07) is -1.39. The molecule has 9 heteroatoms. The highest BCUT2D eigenvalue weighted by Crippen LogP contribution is 2.19. The van der Waals surface area contributed by atoms with Crippen LogP contribution in [-0.2, 0) is 23.9 Å². The van der Waals surface area contributed by atoms with E-state index in [0.717, 1.165) is 116 Å². The number of aliphatic carboxylic acids is 1. The van der Waals surface area contributed by atoms with E-state index in [4.69, 9.17) is 14.9 Å². The van der Waals surface area contributed by atoms with E-state index in [1.807, 2.05) is 0 Å². The van der Waals surface area contributed by atoms with E-state index in [2.05, 4.69) is 97.4 Å². The Hall–Kier alpha value is -3.72. The van der Waals surface area contributed by atoms with Crippen LogP contribution in [-0.4, -0.2) is 59.3 Å². The Kier molecular flexibility index (Phi) is 47.8. The minimum absolute atomic E-state index is 0.0314. The van der Waals surface area contributed by atoms with Crippen molar-refractivity contribution in [3.8, 4) is 0 Å². The molecule has 0 aliphatic carbocycles. The molecule has 0 saturated heterocycles. The van der Waals surface area contributed by atoms with Gasteiger partial charge in [-0.3, -0.25) is 14.4 Å². The number of allylic oxidation sites excluding steroid dienone is 12. The highest BCUT2D eigenvalue weighted by molar-refractivity contribution is 5.87. The van der Waals surface area contributed by atoms with Crippen LogP contribution in [0.3, 0.4) is 0 Å². The largest absolute Gasteiger partial charge is 0.480 e. The number of rotatable bonds is 48. The van der Waals surface area contributed by atoms with E-state index in [0.29, 0.717) is 12.8 Å². The van der Waals surface area contributed by atoms with Gasteiger partial charge in [0.15, 0.2) is 0 Å². The molecule has 66 heavy (non-hydrogen) atoms. The number of carboxylic acid groups (broad SMARTS) is 1. The van der Waals surface area contributed by atoms with Crippen molar-refractivity contribution in [2.45, 2.75) is 251 Å². The minimum Gasteiger partial charge on any atom is -0.480 e. The van der Waals surface area contributed by atoms with Gasteiger partial charge in [-0.25, -0.2) is 4.79 Å². The summed E-state index contributed by atoms with van der Waals surface area (Å²) in [5, 5.41) is 22.6. The fourth-order valence-corrected chi connectivity index (χ4v) is 7.66. The van der Waals surface area contributed by atoms with Gasteiger partial charge in [0.25, 0.3) is 0 Å². The van der Waals surface area contributed by atoms with Gasteiger partial charge in [-0.1, -0.05) is 209 Å². The maximum Gasteiger partial charge on any atom is 0.328 e. The summed E-state index contributed by atoms with van der Waals surface area (Å²) in [5.41, 5.74) is 0. The van der Waals surface area contributed by atoms with Gasteiger partial charge in [-0.15, -0.1) is 0 Å². The van der Waals surface area contributed by atoms with Crippen LogP contribution in [0.2, 0.25) is 0 Å². The van der Waals surface area contributed by atoms with Gasteiger partial charge < -0.3 is 25.6 Å². The van der Waals surface area contributed by atoms with Crippen molar-refractivity contribution in [3.63, 3.8) is 0 Å². The number of ether oxygens (including phenoxy) is 1.